The molecule has 2 N–H and O–H groups in total. The molecule has 4 heterocycles. The Morgan fingerprint density at radius 3 is 3.00 bits per heavy atom. The van der Waals surface area contributed by atoms with E-state index in [4.69, 9.17) is 0 Å². The second-order valence-electron chi connectivity index (χ2n) is 6.79. The number of aliphatic hydroxyl groups is 1. The molecule has 0 bridgehead atoms. The molecule has 1 aliphatic rings. The van der Waals surface area contributed by atoms with Crippen LogP contribution in [0.2, 0.25) is 0 Å². The van der Waals surface area contributed by atoms with Gasteiger partial charge in [-0.2, -0.15) is 0 Å². The molecular formula is C19H24N6O. The minimum Gasteiger partial charge on any atom is -0.396 e. The second-order valence-corrected chi connectivity index (χ2v) is 6.79. The van der Waals surface area contributed by atoms with E-state index in [0.717, 1.165) is 60.8 Å². The predicted octanol–water partition coefficient (Wildman–Crippen LogP) is 1.73. The highest BCUT2D eigenvalue weighted by Crippen LogP contribution is 2.25. The van der Waals surface area contributed by atoms with Gasteiger partial charge in [-0.25, -0.2) is 9.97 Å². The molecule has 3 aromatic heterocycles. The lowest BCUT2D eigenvalue weighted by molar-refractivity contribution is 0.134. The summed E-state index contributed by atoms with van der Waals surface area (Å²) in [6.45, 7) is 5.65. The van der Waals surface area contributed by atoms with Gasteiger partial charge in [0.25, 0.3) is 0 Å². The van der Waals surface area contributed by atoms with Crippen LogP contribution < -0.4 is 4.90 Å². The Labute approximate surface area is 152 Å². The fraction of sp³-hybridized carbons (Fsp3) is 0.421. The van der Waals surface area contributed by atoms with Crippen LogP contribution in [-0.4, -0.2) is 62.2 Å². The molecule has 1 fully saturated rings. The first kappa shape index (κ1) is 16.9. The number of aromatic nitrogens is 4. The molecule has 0 aliphatic carbocycles. The van der Waals surface area contributed by atoms with E-state index in [0.29, 0.717) is 0 Å². The number of nitrogens with one attached hydrogen (secondary N) is 1. The van der Waals surface area contributed by atoms with Crippen LogP contribution in [-0.2, 0) is 6.54 Å². The van der Waals surface area contributed by atoms with Crippen molar-refractivity contribution in [2.45, 2.75) is 25.9 Å². The normalized spacial score (nSPS) is 18.5. The molecule has 1 aliphatic heterocycles. The van der Waals surface area contributed by atoms with Gasteiger partial charge >= 0.3 is 0 Å². The third-order valence-electron chi connectivity index (χ3n) is 5.01. The fourth-order valence-electron chi connectivity index (χ4n) is 3.72. The average Bonchev–Trinajstić information content (AvgIpc) is 3.12. The topological polar surface area (TPSA) is 81.2 Å². The van der Waals surface area contributed by atoms with Crippen molar-refractivity contribution >= 4 is 16.9 Å². The molecule has 1 atom stereocenters. The molecule has 1 unspecified atom stereocenters. The van der Waals surface area contributed by atoms with E-state index < -0.39 is 0 Å². The van der Waals surface area contributed by atoms with E-state index in [1.165, 1.54) is 0 Å². The Hall–Kier alpha value is -2.51. The molecule has 0 radical (unpaired) electrons. The lowest BCUT2D eigenvalue weighted by atomic mass is 10.1. The van der Waals surface area contributed by atoms with E-state index in [1.54, 1.807) is 6.33 Å². The minimum absolute atomic E-state index is 0.180. The number of aromatic amines is 1. The van der Waals surface area contributed by atoms with Crippen molar-refractivity contribution in [1.82, 2.24) is 24.8 Å². The zero-order chi connectivity index (χ0) is 17.9. The number of fused-ring (bicyclic) bond motifs is 1. The Kier molecular flexibility index (Phi) is 4.81. The first-order valence-electron chi connectivity index (χ1n) is 9.05. The number of H-pyrrole nitrogens is 1. The summed E-state index contributed by atoms with van der Waals surface area (Å²) in [5, 5.41) is 10.6. The van der Waals surface area contributed by atoms with Crippen LogP contribution in [0.15, 0.2) is 36.8 Å². The van der Waals surface area contributed by atoms with Crippen molar-refractivity contribution in [3.05, 3.63) is 48.2 Å². The average molecular weight is 352 g/mol. The van der Waals surface area contributed by atoms with Crippen molar-refractivity contribution in [2.75, 3.05) is 31.1 Å². The number of hydrogen-bond acceptors (Lipinski definition) is 6. The number of piperazine rings is 1. The van der Waals surface area contributed by atoms with Crippen molar-refractivity contribution in [3.8, 4) is 0 Å². The molecule has 0 aromatic carbocycles. The highest BCUT2D eigenvalue weighted by atomic mass is 16.3. The number of rotatable bonds is 5. The van der Waals surface area contributed by atoms with Crippen LogP contribution in [0.1, 0.15) is 17.8 Å². The number of hydrogen-bond donors (Lipinski definition) is 2. The van der Waals surface area contributed by atoms with Gasteiger partial charge in [-0.3, -0.25) is 9.88 Å². The van der Waals surface area contributed by atoms with Crippen molar-refractivity contribution in [2.24, 2.45) is 0 Å². The molecule has 1 saturated heterocycles. The summed E-state index contributed by atoms with van der Waals surface area (Å²) >= 11 is 0. The number of pyridine rings is 1. The van der Waals surface area contributed by atoms with Gasteiger partial charge in [0.15, 0.2) is 0 Å². The van der Waals surface area contributed by atoms with Crippen LogP contribution >= 0.6 is 0 Å². The number of aryl methyl sites for hydroxylation is 1. The summed E-state index contributed by atoms with van der Waals surface area (Å²) in [6, 6.07) is 8.43. The Balaban J connectivity index is 1.53. The summed E-state index contributed by atoms with van der Waals surface area (Å²) in [5.41, 5.74) is 2.98. The van der Waals surface area contributed by atoms with Crippen LogP contribution in [0.3, 0.4) is 0 Å². The molecule has 0 saturated carbocycles. The first-order valence-corrected chi connectivity index (χ1v) is 9.05. The van der Waals surface area contributed by atoms with Gasteiger partial charge in [0.05, 0.1) is 11.1 Å². The zero-order valence-corrected chi connectivity index (χ0v) is 15.0. The van der Waals surface area contributed by atoms with Crippen molar-refractivity contribution < 1.29 is 5.11 Å². The summed E-state index contributed by atoms with van der Waals surface area (Å²) in [4.78, 5) is 21.3. The lowest BCUT2D eigenvalue weighted by Gasteiger charge is -2.42. The highest BCUT2D eigenvalue weighted by Gasteiger charge is 2.28. The summed E-state index contributed by atoms with van der Waals surface area (Å²) in [5.74, 6) is 0.965. The van der Waals surface area contributed by atoms with Crippen molar-refractivity contribution in [1.29, 1.82) is 0 Å². The molecule has 136 valence electrons. The van der Waals surface area contributed by atoms with E-state index >= 15 is 0 Å². The fourth-order valence-corrected chi connectivity index (χ4v) is 3.72. The SMILES string of the molecule is Cc1cccc(CN2CCN(c3ncnc4[nH]ccc34)CC2CCO)n1. The highest BCUT2D eigenvalue weighted by molar-refractivity contribution is 5.87. The maximum Gasteiger partial charge on any atom is 0.142 e. The third kappa shape index (κ3) is 3.40. The molecule has 7 heteroatoms. The molecule has 3 aromatic rings. The summed E-state index contributed by atoms with van der Waals surface area (Å²) in [6.07, 6.45) is 4.25. The number of anilines is 1. The van der Waals surface area contributed by atoms with E-state index in [-0.39, 0.29) is 12.6 Å². The zero-order valence-electron chi connectivity index (χ0n) is 15.0. The van der Waals surface area contributed by atoms with Gasteiger partial charge in [0.2, 0.25) is 0 Å². The standard InChI is InChI=1S/C19H24N6O/c1-14-3-2-4-15(23-14)11-24-8-9-25(12-16(24)6-10-26)19-17-5-7-20-18(17)21-13-22-19/h2-5,7,13,16,26H,6,8-12H2,1H3,(H,20,21,22). The third-order valence-corrected chi connectivity index (χ3v) is 5.01. The maximum atomic E-state index is 9.55. The smallest absolute Gasteiger partial charge is 0.142 e. The second kappa shape index (κ2) is 7.39. The Bertz CT molecular complexity index is 879. The maximum absolute atomic E-state index is 9.55. The van der Waals surface area contributed by atoms with Crippen LogP contribution in [0.25, 0.3) is 11.0 Å². The molecule has 0 spiro atoms. The molecule has 7 nitrogen and oxygen atoms in total. The van der Waals surface area contributed by atoms with Crippen LogP contribution in [0.5, 0.6) is 0 Å². The minimum atomic E-state index is 0.180. The quantitative estimate of drug-likeness (QED) is 0.728. The van der Waals surface area contributed by atoms with Crippen LogP contribution in [0, 0.1) is 6.92 Å². The van der Waals surface area contributed by atoms with Gasteiger partial charge in [0.1, 0.15) is 17.8 Å². The molecular weight excluding hydrogens is 328 g/mol. The molecule has 0 amide bonds. The largest absolute Gasteiger partial charge is 0.396 e. The van der Waals surface area contributed by atoms with E-state index in [2.05, 4.69) is 41.9 Å². The van der Waals surface area contributed by atoms with E-state index in [1.807, 2.05) is 25.3 Å². The van der Waals surface area contributed by atoms with Crippen molar-refractivity contribution in [3.63, 3.8) is 0 Å². The van der Waals surface area contributed by atoms with E-state index in [9.17, 15) is 5.11 Å². The van der Waals surface area contributed by atoms with Crippen LogP contribution in [0.4, 0.5) is 5.82 Å². The van der Waals surface area contributed by atoms with Gasteiger partial charge in [-0.1, -0.05) is 6.07 Å². The van der Waals surface area contributed by atoms with Gasteiger partial charge in [-0.15, -0.1) is 0 Å². The summed E-state index contributed by atoms with van der Waals surface area (Å²) in [7, 11) is 0. The van der Waals surface area contributed by atoms with Gasteiger partial charge in [0, 0.05) is 50.7 Å². The van der Waals surface area contributed by atoms with Gasteiger partial charge < -0.3 is 15.0 Å². The number of aliphatic hydroxyl groups excluding tert-OH is 1. The monoisotopic (exact) mass is 352 g/mol. The molecule has 26 heavy (non-hydrogen) atoms. The molecule has 4 rings (SSSR count). The Morgan fingerprint density at radius 1 is 1.23 bits per heavy atom. The Morgan fingerprint density at radius 2 is 2.15 bits per heavy atom. The van der Waals surface area contributed by atoms with Gasteiger partial charge in [-0.05, 0) is 31.5 Å². The first-order chi connectivity index (χ1) is 12.7. The predicted molar refractivity (Wildman–Crippen MR) is 101 cm³/mol. The lowest BCUT2D eigenvalue weighted by Crippen LogP contribution is -2.53. The summed E-state index contributed by atoms with van der Waals surface area (Å²) < 4.78 is 0. The number of nitrogens with zero attached hydrogens (tertiary/aromatic N) is 5.